The lowest BCUT2D eigenvalue weighted by Gasteiger charge is -2.21. The molecular formula is C15H21N3O2. The monoisotopic (exact) mass is 275 g/mol. The van der Waals surface area contributed by atoms with Crippen molar-refractivity contribution in [1.29, 1.82) is 0 Å². The van der Waals surface area contributed by atoms with E-state index in [1.54, 1.807) is 7.11 Å². The van der Waals surface area contributed by atoms with E-state index in [1.807, 2.05) is 38.1 Å². The van der Waals surface area contributed by atoms with Crippen molar-refractivity contribution >= 4 is 5.69 Å². The van der Waals surface area contributed by atoms with Crippen molar-refractivity contribution in [3.05, 3.63) is 41.5 Å². The SMILES string of the molecule is CCC(C)(OC)c1noc(CCc2cccc(N)c2)n1. The molecule has 0 fully saturated rings. The van der Waals surface area contributed by atoms with E-state index in [4.69, 9.17) is 15.0 Å². The Morgan fingerprint density at radius 3 is 2.80 bits per heavy atom. The molecule has 0 aliphatic carbocycles. The van der Waals surface area contributed by atoms with Crippen LogP contribution in [-0.2, 0) is 23.2 Å². The first-order chi connectivity index (χ1) is 9.57. The maximum Gasteiger partial charge on any atom is 0.227 e. The maximum absolute atomic E-state index is 5.76. The third-order valence-corrected chi connectivity index (χ3v) is 3.64. The molecule has 0 amide bonds. The molecule has 1 heterocycles. The maximum atomic E-state index is 5.76. The van der Waals surface area contributed by atoms with Gasteiger partial charge in [0, 0.05) is 19.2 Å². The Labute approximate surface area is 119 Å². The molecular weight excluding hydrogens is 254 g/mol. The van der Waals surface area contributed by atoms with Gasteiger partial charge in [0.1, 0.15) is 5.60 Å². The van der Waals surface area contributed by atoms with Crippen molar-refractivity contribution in [3.8, 4) is 0 Å². The first-order valence-electron chi connectivity index (χ1n) is 6.80. The molecule has 0 radical (unpaired) electrons. The zero-order valence-corrected chi connectivity index (χ0v) is 12.2. The normalized spacial score (nSPS) is 14.2. The van der Waals surface area contributed by atoms with Crippen LogP contribution in [0.4, 0.5) is 5.69 Å². The molecule has 108 valence electrons. The number of nitrogen functional groups attached to an aromatic ring is 1. The second kappa shape index (κ2) is 6.05. The van der Waals surface area contributed by atoms with E-state index in [0.29, 0.717) is 18.1 Å². The number of rotatable bonds is 6. The van der Waals surface area contributed by atoms with E-state index in [0.717, 1.165) is 24.1 Å². The highest BCUT2D eigenvalue weighted by Crippen LogP contribution is 2.25. The number of methoxy groups -OCH3 is 1. The predicted molar refractivity (Wildman–Crippen MR) is 77.2 cm³/mol. The van der Waals surface area contributed by atoms with Crippen molar-refractivity contribution in [2.24, 2.45) is 0 Å². The Hall–Kier alpha value is -1.88. The van der Waals surface area contributed by atoms with Gasteiger partial charge in [0.05, 0.1) is 0 Å². The summed E-state index contributed by atoms with van der Waals surface area (Å²) in [7, 11) is 1.66. The molecule has 1 aromatic carbocycles. The lowest BCUT2D eigenvalue weighted by molar-refractivity contribution is -0.0106. The van der Waals surface area contributed by atoms with Crippen LogP contribution in [0.25, 0.3) is 0 Å². The molecule has 1 aromatic heterocycles. The smallest absolute Gasteiger partial charge is 0.227 e. The molecule has 0 saturated carbocycles. The van der Waals surface area contributed by atoms with Gasteiger partial charge in [-0.05, 0) is 37.5 Å². The fraction of sp³-hybridized carbons (Fsp3) is 0.467. The molecule has 1 atom stereocenters. The molecule has 0 saturated heterocycles. The summed E-state index contributed by atoms with van der Waals surface area (Å²) in [6.45, 7) is 3.99. The number of aryl methyl sites for hydroxylation is 2. The topological polar surface area (TPSA) is 74.2 Å². The molecule has 0 aliphatic heterocycles. The summed E-state index contributed by atoms with van der Waals surface area (Å²) in [5.74, 6) is 1.23. The minimum Gasteiger partial charge on any atom is -0.399 e. The van der Waals surface area contributed by atoms with Crippen LogP contribution in [0.3, 0.4) is 0 Å². The number of aromatic nitrogens is 2. The molecule has 1 unspecified atom stereocenters. The van der Waals surface area contributed by atoms with Gasteiger partial charge < -0.3 is 15.0 Å². The summed E-state index contributed by atoms with van der Waals surface area (Å²) in [6.07, 6.45) is 2.31. The second-order valence-electron chi connectivity index (χ2n) is 5.05. The van der Waals surface area contributed by atoms with E-state index in [9.17, 15) is 0 Å². The molecule has 2 rings (SSSR count). The summed E-state index contributed by atoms with van der Waals surface area (Å²) >= 11 is 0. The molecule has 2 N–H and O–H groups in total. The Balaban J connectivity index is 2.03. The average Bonchev–Trinajstić information content (AvgIpc) is 2.94. The van der Waals surface area contributed by atoms with E-state index in [-0.39, 0.29) is 0 Å². The van der Waals surface area contributed by atoms with Gasteiger partial charge in [-0.25, -0.2) is 0 Å². The van der Waals surface area contributed by atoms with Gasteiger partial charge in [0.25, 0.3) is 0 Å². The number of benzene rings is 1. The summed E-state index contributed by atoms with van der Waals surface area (Å²) in [4.78, 5) is 4.43. The van der Waals surface area contributed by atoms with Crippen molar-refractivity contribution in [1.82, 2.24) is 10.1 Å². The van der Waals surface area contributed by atoms with Gasteiger partial charge in [0.15, 0.2) is 0 Å². The van der Waals surface area contributed by atoms with Crippen molar-refractivity contribution < 1.29 is 9.26 Å². The highest BCUT2D eigenvalue weighted by molar-refractivity contribution is 5.40. The van der Waals surface area contributed by atoms with Crippen molar-refractivity contribution in [2.75, 3.05) is 12.8 Å². The fourth-order valence-corrected chi connectivity index (χ4v) is 1.96. The molecule has 20 heavy (non-hydrogen) atoms. The second-order valence-corrected chi connectivity index (χ2v) is 5.05. The molecule has 5 heteroatoms. The number of anilines is 1. The van der Waals surface area contributed by atoms with Crippen LogP contribution >= 0.6 is 0 Å². The summed E-state index contributed by atoms with van der Waals surface area (Å²) in [5.41, 5.74) is 7.20. The largest absolute Gasteiger partial charge is 0.399 e. The standard InChI is InChI=1S/C15H21N3O2/c1-4-15(2,19-3)14-17-13(20-18-14)9-8-11-6-5-7-12(16)10-11/h5-7,10H,4,8-9,16H2,1-3H3. The highest BCUT2D eigenvalue weighted by atomic mass is 16.5. The zero-order chi connectivity index (χ0) is 14.6. The van der Waals surface area contributed by atoms with E-state index >= 15 is 0 Å². The zero-order valence-electron chi connectivity index (χ0n) is 12.2. The van der Waals surface area contributed by atoms with Crippen LogP contribution in [0.15, 0.2) is 28.8 Å². The Morgan fingerprint density at radius 2 is 2.15 bits per heavy atom. The third-order valence-electron chi connectivity index (χ3n) is 3.64. The fourth-order valence-electron chi connectivity index (χ4n) is 1.96. The van der Waals surface area contributed by atoms with Gasteiger partial charge in [-0.15, -0.1) is 0 Å². The van der Waals surface area contributed by atoms with Crippen LogP contribution in [-0.4, -0.2) is 17.3 Å². The molecule has 2 aromatic rings. The Morgan fingerprint density at radius 1 is 1.35 bits per heavy atom. The lowest BCUT2D eigenvalue weighted by atomic mass is 10.0. The van der Waals surface area contributed by atoms with Crippen LogP contribution in [0.5, 0.6) is 0 Å². The lowest BCUT2D eigenvalue weighted by Crippen LogP contribution is -2.24. The van der Waals surface area contributed by atoms with Crippen molar-refractivity contribution in [2.45, 2.75) is 38.7 Å². The average molecular weight is 275 g/mol. The minimum absolute atomic E-state index is 0.487. The van der Waals surface area contributed by atoms with E-state index in [1.165, 1.54) is 0 Å². The van der Waals surface area contributed by atoms with E-state index in [2.05, 4.69) is 10.1 Å². The number of nitrogens with zero attached hydrogens (tertiary/aromatic N) is 2. The summed E-state index contributed by atoms with van der Waals surface area (Å²) < 4.78 is 10.8. The molecule has 0 bridgehead atoms. The number of ether oxygens (including phenoxy) is 1. The number of hydrogen-bond donors (Lipinski definition) is 1. The van der Waals surface area contributed by atoms with Crippen LogP contribution < -0.4 is 5.73 Å². The molecule has 0 spiro atoms. The number of nitrogens with two attached hydrogens (primary N) is 1. The van der Waals surface area contributed by atoms with Crippen LogP contribution in [0.2, 0.25) is 0 Å². The van der Waals surface area contributed by atoms with Gasteiger partial charge >= 0.3 is 0 Å². The van der Waals surface area contributed by atoms with E-state index < -0.39 is 5.60 Å². The first-order valence-corrected chi connectivity index (χ1v) is 6.80. The summed E-state index contributed by atoms with van der Waals surface area (Å²) in [5, 5.41) is 4.02. The van der Waals surface area contributed by atoms with Crippen molar-refractivity contribution in [3.63, 3.8) is 0 Å². The Bertz CT molecular complexity index is 562. The first kappa shape index (κ1) is 14.5. The Kier molecular flexibility index (Phi) is 4.39. The van der Waals surface area contributed by atoms with Crippen LogP contribution in [0.1, 0.15) is 37.5 Å². The quantitative estimate of drug-likeness (QED) is 0.820. The van der Waals surface area contributed by atoms with Gasteiger partial charge in [-0.2, -0.15) is 4.98 Å². The molecule has 5 nitrogen and oxygen atoms in total. The highest BCUT2D eigenvalue weighted by Gasteiger charge is 2.29. The number of hydrogen-bond acceptors (Lipinski definition) is 5. The predicted octanol–water partition coefficient (Wildman–Crippen LogP) is 2.71. The van der Waals surface area contributed by atoms with Gasteiger partial charge in [-0.1, -0.05) is 24.2 Å². The minimum atomic E-state index is -0.487. The third kappa shape index (κ3) is 3.17. The van der Waals surface area contributed by atoms with Gasteiger partial charge in [0.2, 0.25) is 11.7 Å². The molecule has 0 aliphatic rings. The summed E-state index contributed by atoms with van der Waals surface area (Å²) in [6, 6.07) is 7.82. The van der Waals surface area contributed by atoms with Crippen LogP contribution in [0, 0.1) is 0 Å². The van der Waals surface area contributed by atoms with Gasteiger partial charge in [-0.3, -0.25) is 0 Å².